The summed E-state index contributed by atoms with van der Waals surface area (Å²) in [5.41, 5.74) is 0.892. The van der Waals surface area contributed by atoms with Crippen LogP contribution in [0.1, 0.15) is 31.2 Å². The van der Waals surface area contributed by atoms with Crippen molar-refractivity contribution in [3.05, 3.63) is 39.9 Å². The van der Waals surface area contributed by atoms with Gasteiger partial charge in [-0.25, -0.2) is 8.42 Å². The molecule has 0 bridgehead atoms. The molecule has 1 aromatic rings. The smallest absolute Gasteiger partial charge is 0.269 e. The average Bonchev–Trinajstić information content (AvgIpc) is 2.46. The Balaban J connectivity index is 2.15. The molecular formula is C15H22N2O4S. The predicted molar refractivity (Wildman–Crippen MR) is 85.5 cm³/mol. The monoisotopic (exact) mass is 326 g/mol. The average molecular weight is 326 g/mol. The lowest BCUT2D eigenvalue weighted by Gasteiger charge is -2.37. The van der Waals surface area contributed by atoms with Crippen LogP contribution in [0, 0.1) is 10.1 Å². The molecule has 0 unspecified atom stereocenters. The van der Waals surface area contributed by atoms with Crippen molar-refractivity contribution >= 4 is 15.5 Å². The maximum absolute atomic E-state index is 12.0. The van der Waals surface area contributed by atoms with Gasteiger partial charge in [0.1, 0.15) is 0 Å². The highest BCUT2D eigenvalue weighted by molar-refractivity contribution is 7.91. The minimum Gasteiger partial charge on any atom is -0.298 e. The highest BCUT2D eigenvalue weighted by Gasteiger charge is 2.35. The zero-order valence-electron chi connectivity index (χ0n) is 12.9. The zero-order chi connectivity index (χ0) is 16.3. The van der Waals surface area contributed by atoms with E-state index in [2.05, 4.69) is 0 Å². The summed E-state index contributed by atoms with van der Waals surface area (Å²) in [5.74, 6) is 0. The molecule has 0 radical (unpaired) electrons. The molecule has 1 aromatic carbocycles. The van der Waals surface area contributed by atoms with Crippen molar-refractivity contribution in [2.75, 3.05) is 13.3 Å². The first-order valence-corrected chi connectivity index (χ1v) is 9.37. The van der Waals surface area contributed by atoms with E-state index in [4.69, 9.17) is 0 Å². The Morgan fingerprint density at radius 2 is 2.00 bits per heavy atom. The molecule has 0 saturated heterocycles. The number of hydrogen-bond acceptors (Lipinski definition) is 5. The third kappa shape index (κ3) is 4.04. The molecule has 2 rings (SSSR count). The molecule has 0 amide bonds. The van der Waals surface area contributed by atoms with E-state index in [-0.39, 0.29) is 17.0 Å². The number of nitro benzene ring substituents is 1. The van der Waals surface area contributed by atoms with Crippen LogP contribution in [0.4, 0.5) is 5.69 Å². The van der Waals surface area contributed by atoms with Crippen molar-refractivity contribution in [3.63, 3.8) is 0 Å². The van der Waals surface area contributed by atoms with Crippen LogP contribution in [-0.4, -0.2) is 42.8 Å². The minimum absolute atomic E-state index is 0.0250. The zero-order valence-corrected chi connectivity index (χ0v) is 13.8. The van der Waals surface area contributed by atoms with Crippen LogP contribution in [0.25, 0.3) is 0 Å². The lowest BCUT2D eigenvalue weighted by atomic mass is 9.93. The predicted octanol–water partition coefficient (Wildman–Crippen LogP) is 2.38. The molecule has 1 saturated carbocycles. The van der Waals surface area contributed by atoms with Gasteiger partial charge in [0.05, 0.1) is 10.2 Å². The molecule has 0 aromatic heterocycles. The van der Waals surface area contributed by atoms with E-state index in [0.29, 0.717) is 13.0 Å². The summed E-state index contributed by atoms with van der Waals surface area (Å²) in [5, 5.41) is 10.5. The van der Waals surface area contributed by atoms with Gasteiger partial charge in [-0.3, -0.25) is 15.0 Å². The highest BCUT2D eigenvalue weighted by Crippen LogP contribution is 2.28. The standard InChI is InChI=1S/C15H22N2O4S/c1-16(11-12-6-5-7-13(10-12)17(18)19)14-8-3-4-9-15(14)22(2,20)21/h5-7,10,14-15H,3-4,8-9,11H2,1-2H3/t14-,15+/m1/s1. The number of nitro groups is 1. The van der Waals surface area contributed by atoms with Crippen molar-refractivity contribution in [2.24, 2.45) is 0 Å². The molecule has 1 fully saturated rings. The van der Waals surface area contributed by atoms with Gasteiger partial charge >= 0.3 is 0 Å². The van der Waals surface area contributed by atoms with Crippen LogP contribution in [0.15, 0.2) is 24.3 Å². The third-order valence-electron chi connectivity index (χ3n) is 4.34. The largest absolute Gasteiger partial charge is 0.298 e. The van der Waals surface area contributed by atoms with Gasteiger partial charge < -0.3 is 0 Å². The topological polar surface area (TPSA) is 80.5 Å². The van der Waals surface area contributed by atoms with Crippen molar-refractivity contribution in [1.29, 1.82) is 0 Å². The number of rotatable bonds is 5. The Morgan fingerprint density at radius 3 is 2.64 bits per heavy atom. The van der Waals surface area contributed by atoms with Crippen LogP contribution in [0.3, 0.4) is 0 Å². The third-order valence-corrected chi connectivity index (χ3v) is 5.99. The van der Waals surface area contributed by atoms with Crippen LogP contribution in [0.5, 0.6) is 0 Å². The van der Waals surface area contributed by atoms with Crippen molar-refractivity contribution in [1.82, 2.24) is 4.90 Å². The summed E-state index contributed by atoms with van der Waals surface area (Å²) < 4.78 is 24.0. The van der Waals surface area contributed by atoms with Gasteiger partial charge in [-0.15, -0.1) is 0 Å². The molecule has 2 atom stereocenters. The van der Waals surface area contributed by atoms with Gasteiger partial charge in [0, 0.05) is 31.0 Å². The molecule has 22 heavy (non-hydrogen) atoms. The van der Waals surface area contributed by atoms with E-state index in [0.717, 1.165) is 24.8 Å². The maximum atomic E-state index is 12.0. The van der Waals surface area contributed by atoms with Crippen molar-refractivity contribution in [3.8, 4) is 0 Å². The van der Waals surface area contributed by atoms with E-state index >= 15 is 0 Å². The second-order valence-corrected chi connectivity index (χ2v) is 8.33. The second-order valence-electron chi connectivity index (χ2n) is 6.06. The Kier molecular flexibility index (Phi) is 5.18. The second kappa shape index (κ2) is 6.75. The SMILES string of the molecule is CN(Cc1cccc([N+](=O)[O-])c1)[C@@H]1CCCC[C@@H]1S(C)(=O)=O. The Morgan fingerprint density at radius 1 is 1.32 bits per heavy atom. The molecular weight excluding hydrogens is 304 g/mol. The first-order valence-electron chi connectivity index (χ1n) is 7.41. The Labute approximate surface area is 131 Å². The Bertz CT molecular complexity index is 645. The summed E-state index contributed by atoms with van der Waals surface area (Å²) in [6.45, 7) is 0.512. The van der Waals surface area contributed by atoms with Crippen molar-refractivity contribution in [2.45, 2.75) is 43.5 Å². The van der Waals surface area contributed by atoms with Gasteiger partial charge in [0.2, 0.25) is 0 Å². The van der Waals surface area contributed by atoms with Crippen LogP contribution in [-0.2, 0) is 16.4 Å². The van der Waals surface area contributed by atoms with Gasteiger partial charge in [0.25, 0.3) is 5.69 Å². The summed E-state index contributed by atoms with van der Waals surface area (Å²) >= 11 is 0. The van der Waals surface area contributed by atoms with Crippen LogP contribution >= 0.6 is 0 Å². The minimum atomic E-state index is -3.08. The fourth-order valence-corrected chi connectivity index (χ4v) is 4.76. The van der Waals surface area contributed by atoms with E-state index in [1.807, 2.05) is 18.0 Å². The number of nitrogens with zero attached hydrogens (tertiary/aromatic N) is 2. The highest BCUT2D eigenvalue weighted by atomic mass is 32.2. The first kappa shape index (κ1) is 16.9. The molecule has 1 aliphatic carbocycles. The number of sulfone groups is 1. The molecule has 0 heterocycles. The van der Waals surface area contributed by atoms with Gasteiger partial charge in [-0.05, 0) is 25.5 Å². The number of benzene rings is 1. The summed E-state index contributed by atoms with van der Waals surface area (Å²) in [7, 11) is -1.19. The molecule has 7 heteroatoms. The number of hydrogen-bond donors (Lipinski definition) is 0. The van der Waals surface area contributed by atoms with E-state index in [9.17, 15) is 18.5 Å². The quantitative estimate of drug-likeness (QED) is 0.613. The lowest BCUT2D eigenvalue weighted by molar-refractivity contribution is -0.384. The fraction of sp³-hybridized carbons (Fsp3) is 0.600. The normalized spacial score (nSPS) is 22.7. The summed E-state index contributed by atoms with van der Waals surface area (Å²) in [6.07, 6.45) is 4.82. The van der Waals surface area contributed by atoms with Gasteiger partial charge in [0.15, 0.2) is 9.84 Å². The maximum Gasteiger partial charge on any atom is 0.269 e. The Hall–Kier alpha value is -1.47. The fourth-order valence-electron chi connectivity index (χ4n) is 3.25. The van der Waals surface area contributed by atoms with E-state index < -0.39 is 14.8 Å². The van der Waals surface area contributed by atoms with Crippen molar-refractivity contribution < 1.29 is 13.3 Å². The first-order chi connectivity index (χ1) is 10.3. The van der Waals surface area contributed by atoms with Crippen LogP contribution in [0.2, 0.25) is 0 Å². The van der Waals surface area contributed by atoms with E-state index in [1.54, 1.807) is 12.1 Å². The van der Waals surface area contributed by atoms with Gasteiger partial charge in [-0.1, -0.05) is 25.0 Å². The molecule has 0 N–H and O–H groups in total. The molecule has 122 valence electrons. The van der Waals surface area contributed by atoms with E-state index in [1.165, 1.54) is 12.3 Å². The molecule has 0 aliphatic heterocycles. The summed E-state index contributed by atoms with van der Waals surface area (Å²) in [4.78, 5) is 12.4. The molecule has 6 nitrogen and oxygen atoms in total. The van der Waals surface area contributed by atoms with Gasteiger partial charge in [-0.2, -0.15) is 0 Å². The molecule has 0 spiro atoms. The summed E-state index contributed by atoms with van der Waals surface area (Å²) in [6, 6.07) is 6.49. The number of non-ortho nitro benzene ring substituents is 1. The lowest BCUT2D eigenvalue weighted by Crippen LogP contribution is -2.46. The molecule has 1 aliphatic rings. The van der Waals surface area contributed by atoms with Crippen LogP contribution < -0.4 is 0 Å².